The van der Waals surface area contributed by atoms with Crippen molar-refractivity contribution >= 4 is 37.3 Å². The van der Waals surface area contributed by atoms with Crippen LogP contribution >= 0.6 is 11.3 Å². The lowest BCUT2D eigenvalue weighted by atomic mass is 10.2. The van der Waals surface area contributed by atoms with Crippen LogP contribution in [-0.4, -0.2) is 31.1 Å². The first kappa shape index (κ1) is 12.3. The van der Waals surface area contributed by atoms with Gasteiger partial charge in [0.15, 0.2) is 9.84 Å². The normalized spacial score (nSPS) is 20.7. The zero-order valence-corrected chi connectivity index (χ0v) is 11.4. The lowest BCUT2D eigenvalue weighted by molar-refractivity contribution is 0.0948. The molecule has 1 aliphatic rings. The van der Waals surface area contributed by atoms with Crippen LogP contribution in [0.25, 0.3) is 10.2 Å². The van der Waals surface area contributed by atoms with E-state index in [0.717, 1.165) is 15.6 Å². The van der Waals surface area contributed by atoms with Crippen LogP contribution in [0.2, 0.25) is 0 Å². The topological polar surface area (TPSA) is 76.1 Å². The fourth-order valence-electron chi connectivity index (χ4n) is 1.92. The molecule has 1 aliphatic heterocycles. The van der Waals surface area contributed by atoms with Gasteiger partial charge in [-0.25, -0.2) is 13.4 Å². The van der Waals surface area contributed by atoms with Crippen LogP contribution in [-0.2, 0) is 9.84 Å². The first-order valence-electron chi connectivity index (χ1n) is 5.59. The van der Waals surface area contributed by atoms with Crippen molar-refractivity contribution in [3.05, 3.63) is 40.8 Å². The summed E-state index contributed by atoms with van der Waals surface area (Å²) >= 11 is 1.51. The number of hydrogen-bond acceptors (Lipinski definition) is 5. The lowest BCUT2D eigenvalue weighted by Crippen LogP contribution is -2.35. The van der Waals surface area contributed by atoms with E-state index in [4.69, 9.17) is 0 Å². The number of sulfone groups is 1. The summed E-state index contributed by atoms with van der Waals surface area (Å²) in [6.07, 6.45) is 1.49. The zero-order chi connectivity index (χ0) is 13.5. The fourth-order valence-corrected chi connectivity index (χ4v) is 3.81. The summed E-state index contributed by atoms with van der Waals surface area (Å²) in [5.74, 6) is -0.362. The Hall–Kier alpha value is -1.73. The van der Waals surface area contributed by atoms with Gasteiger partial charge in [-0.05, 0) is 24.3 Å². The van der Waals surface area contributed by atoms with E-state index in [9.17, 15) is 13.2 Å². The van der Waals surface area contributed by atoms with Crippen molar-refractivity contribution in [2.45, 2.75) is 6.04 Å². The van der Waals surface area contributed by atoms with Gasteiger partial charge in [0.25, 0.3) is 5.91 Å². The van der Waals surface area contributed by atoms with Crippen LogP contribution in [0.15, 0.2) is 35.2 Å². The minimum atomic E-state index is -3.15. The molecule has 2 aromatic rings. The molecule has 0 saturated carbocycles. The van der Waals surface area contributed by atoms with Crippen molar-refractivity contribution in [1.82, 2.24) is 10.3 Å². The second-order valence-electron chi connectivity index (χ2n) is 4.27. The summed E-state index contributed by atoms with van der Waals surface area (Å²) in [7, 11) is -3.15. The maximum Gasteiger partial charge on any atom is 0.251 e. The van der Waals surface area contributed by atoms with Crippen molar-refractivity contribution < 1.29 is 13.2 Å². The fraction of sp³-hybridized carbons (Fsp3) is 0.167. The molecule has 0 spiro atoms. The molecule has 3 rings (SSSR count). The van der Waals surface area contributed by atoms with Crippen molar-refractivity contribution in [1.29, 1.82) is 0 Å². The second kappa shape index (κ2) is 4.43. The molecule has 1 atom stereocenters. The molecule has 19 heavy (non-hydrogen) atoms. The quantitative estimate of drug-likeness (QED) is 0.906. The summed E-state index contributed by atoms with van der Waals surface area (Å²) in [6.45, 7) is 0. The average molecular weight is 294 g/mol. The summed E-state index contributed by atoms with van der Waals surface area (Å²) in [4.78, 5) is 16.2. The maximum absolute atomic E-state index is 12.0. The number of aromatic nitrogens is 1. The van der Waals surface area contributed by atoms with Gasteiger partial charge >= 0.3 is 0 Å². The Morgan fingerprint density at radius 3 is 3.00 bits per heavy atom. The first-order valence-corrected chi connectivity index (χ1v) is 8.18. The van der Waals surface area contributed by atoms with Gasteiger partial charge in [0.2, 0.25) is 0 Å². The van der Waals surface area contributed by atoms with Crippen LogP contribution < -0.4 is 5.32 Å². The van der Waals surface area contributed by atoms with Crippen LogP contribution in [0.5, 0.6) is 0 Å². The molecular weight excluding hydrogens is 284 g/mol. The number of nitrogens with zero attached hydrogens (tertiary/aromatic N) is 1. The Morgan fingerprint density at radius 1 is 1.42 bits per heavy atom. The summed E-state index contributed by atoms with van der Waals surface area (Å²) in [5.41, 5.74) is 2.97. The molecule has 1 unspecified atom stereocenters. The van der Waals surface area contributed by atoms with Gasteiger partial charge in [0, 0.05) is 11.0 Å². The molecule has 2 heterocycles. The van der Waals surface area contributed by atoms with Crippen molar-refractivity contribution in [3.8, 4) is 0 Å². The SMILES string of the molecule is O=C(NC1C=CS(=O)(=O)C1)c1ccc2scnc2c1. The first-order chi connectivity index (χ1) is 9.03. The largest absolute Gasteiger partial charge is 0.345 e. The number of carbonyl (C=O) groups is 1. The number of rotatable bonds is 2. The summed E-state index contributed by atoms with van der Waals surface area (Å²) < 4.78 is 23.5. The van der Waals surface area contributed by atoms with Gasteiger partial charge in [-0.3, -0.25) is 4.79 Å². The molecule has 1 amide bonds. The van der Waals surface area contributed by atoms with Crippen molar-refractivity contribution in [2.75, 3.05) is 5.75 Å². The predicted molar refractivity (Wildman–Crippen MR) is 73.8 cm³/mol. The molecule has 1 aromatic carbocycles. The van der Waals surface area contributed by atoms with E-state index < -0.39 is 15.9 Å². The molecule has 0 aliphatic carbocycles. The number of benzene rings is 1. The Kier molecular flexibility index (Phi) is 2.87. The maximum atomic E-state index is 12.0. The summed E-state index contributed by atoms with van der Waals surface area (Å²) in [5, 5.41) is 3.82. The molecule has 5 nitrogen and oxygen atoms in total. The van der Waals surface area contributed by atoms with Crippen LogP contribution in [0.3, 0.4) is 0 Å². The molecule has 0 bridgehead atoms. The average Bonchev–Trinajstić information content (AvgIpc) is 2.94. The van der Waals surface area contributed by atoms with Gasteiger partial charge in [-0.15, -0.1) is 11.3 Å². The van der Waals surface area contributed by atoms with E-state index in [2.05, 4.69) is 10.3 Å². The number of fused-ring (bicyclic) bond motifs is 1. The molecule has 7 heteroatoms. The smallest absolute Gasteiger partial charge is 0.251 e. The third-order valence-electron chi connectivity index (χ3n) is 2.84. The molecule has 98 valence electrons. The van der Waals surface area contributed by atoms with E-state index in [-0.39, 0.29) is 11.7 Å². The predicted octanol–water partition coefficient (Wildman–Crippen LogP) is 1.34. The highest BCUT2D eigenvalue weighted by Crippen LogP contribution is 2.19. The Morgan fingerprint density at radius 2 is 2.26 bits per heavy atom. The van der Waals surface area contributed by atoms with Crippen LogP contribution in [0, 0.1) is 0 Å². The van der Waals surface area contributed by atoms with E-state index in [1.807, 2.05) is 6.07 Å². The van der Waals surface area contributed by atoms with Crippen molar-refractivity contribution in [2.24, 2.45) is 0 Å². The molecule has 1 N–H and O–H groups in total. The molecule has 0 radical (unpaired) electrons. The number of thiazole rings is 1. The monoisotopic (exact) mass is 294 g/mol. The van der Waals surface area contributed by atoms with Gasteiger partial charge in [-0.2, -0.15) is 0 Å². The third kappa shape index (κ3) is 2.52. The molecular formula is C12H10N2O3S2. The van der Waals surface area contributed by atoms with Crippen LogP contribution in [0.4, 0.5) is 0 Å². The number of nitrogens with one attached hydrogen (secondary N) is 1. The molecule has 1 aromatic heterocycles. The molecule has 0 fully saturated rings. The van der Waals surface area contributed by atoms with Gasteiger partial charge in [0.1, 0.15) is 0 Å². The second-order valence-corrected chi connectivity index (χ2v) is 7.09. The zero-order valence-electron chi connectivity index (χ0n) is 9.74. The van der Waals surface area contributed by atoms with Gasteiger partial charge < -0.3 is 5.32 Å². The number of carbonyl (C=O) groups excluding carboxylic acids is 1. The van der Waals surface area contributed by atoms with Crippen LogP contribution in [0.1, 0.15) is 10.4 Å². The van der Waals surface area contributed by atoms with E-state index in [0.29, 0.717) is 5.56 Å². The summed E-state index contributed by atoms with van der Waals surface area (Å²) in [6, 6.07) is 4.80. The minimum absolute atomic E-state index is 0.0717. The molecule has 0 saturated heterocycles. The number of hydrogen-bond donors (Lipinski definition) is 1. The highest BCUT2D eigenvalue weighted by Gasteiger charge is 2.23. The third-order valence-corrected chi connectivity index (χ3v) is 5.04. The number of amides is 1. The standard InChI is InChI=1S/C12H10N2O3S2/c15-12(14-9-3-4-19(16,17)6-9)8-1-2-11-10(5-8)13-7-18-11/h1-5,7,9H,6H2,(H,14,15). The van der Waals surface area contributed by atoms with E-state index >= 15 is 0 Å². The van der Waals surface area contributed by atoms with E-state index in [1.54, 1.807) is 17.6 Å². The lowest BCUT2D eigenvalue weighted by Gasteiger charge is -2.09. The van der Waals surface area contributed by atoms with Gasteiger partial charge in [0.05, 0.1) is 27.5 Å². The Bertz CT molecular complexity index is 777. The highest BCUT2D eigenvalue weighted by atomic mass is 32.2. The van der Waals surface area contributed by atoms with Gasteiger partial charge in [-0.1, -0.05) is 0 Å². The Balaban J connectivity index is 1.79. The van der Waals surface area contributed by atoms with Crippen molar-refractivity contribution in [3.63, 3.8) is 0 Å². The minimum Gasteiger partial charge on any atom is -0.345 e. The Labute approximate surface area is 113 Å². The van der Waals surface area contributed by atoms with E-state index in [1.165, 1.54) is 17.4 Å². The highest BCUT2D eigenvalue weighted by molar-refractivity contribution is 7.94.